The van der Waals surface area contributed by atoms with Crippen LogP contribution in [-0.2, 0) is 0 Å². The number of amides is 1. The molecule has 0 aliphatic carbocycles. The molecule has 0 spiro atoms. The Morgan fingerprint density at radius 1 is 1.55 bits per heavy atom. The van der Waals surface area contributed by atoms with Gasteiger partial charge in [-0.3, -0.25) is 4.79 Å². The van der Waals surface area contributed by atoms with E-state index >= 15 is 0 Å². The van der Waals surface area contributed by atoms with Crippen molar-refractivity contribution in [1.29, 1.82) is 0 Å². The van der Waals surface area contributed by atoms with Gasteiger partial charge in [-0.05, 0) is 37.0 Å². The maximum Gasteiger partial charge on any atom is 0.255 e. The van der Waals surface area contributed by atoms with Gasteiger partial charge < -0.3 is 10.6 Å². The van der Waals surface area contributed by atoms with Gasteiger partial charge in [-0.2, -0.15) is 0 Å². The zero-order chi connectivity index (χ0) is 14.0. The molecule has 0 radical (unpaired) electrons. The predicted molar refractivity (Wildman–Crippen MR) is 88.7 cm³/mol. The first kappa shape index (κ1) is 17.8. The van der Waals surface area contributed by atoms with Crippen LogP contribution in [0.3, 0.4) is 0 Å². The maximum absolute atomic E-state index is 12.7. The molecule has 2 atom stereocenters. The molecule has 3 nitrogen and oxygen atoms in total. The van der Waals surface area contributed by atoms with E-state index in [2.05, 4.69) is 22.9 Å². The van der Waals surface area contributed by atoms with E-state index in [0.29, 0.717) is 23.0 Å². The van der Waals surface area contributed by atoms with Crippen molar-refractivity contribution < 1.29 is 4.79 Å². The Balaban J connectivity index is 0.00000200. The minimum Gasteiger partial charge on any atom is -0.334 e. The monoisotopic (exact) mass is 380 g/mol. The lowest BCUT2D eigenvalue weighted by molar-refractivity contribution is 0.0532. The number of halogens is 3. The van der Waals surface area contributed by atoms with E-state index in [1.807, 2.05) is 11.0 Å². The first-order valence-electron chi connectivity index (χ1n) is 6.50. The van der Waals surface area contributed by atoms with Gasteiger partial charge in [0.15, 0.2) is 0 Å². The maximum atomic E-state index is 12.7. The van der Waals surface area contributed by atoms with Crippen molar-refractivity contribution in [3.63, 3.8) is 0 Å². The Bertz CT molecular complexity index is 484. The Hall–Kier alpha value is -0.290. The molecule has 2 rings (SSSR count). The van der Waals surface area contributed by atoms with Crippen LogP contribution in [0.4, 0.5) is 0 Å². The molecule has 1 aromatic carbocycles. The summed E-state index contributed by atoms with van der Waals surface area (Å²) in [5.74, 6) is 0.418. The molecule has 2 N–H and O–H groups in total. The molecular weight excluding hydrogens is 363 g/mol. The van der Waals surface area contributed by atoms with Gasteiger partial charge in [0.25, 0.3) is 5.91 Å². The van der Waals surface area contributed by atoms with Crippen LogP contribution in [0.1, 0.15) is 30.1 Å². The molecule has 1 aliphatic heterocycles. The van der Waals surface area contributed by atoms with Crippen LogP contribution in [0.25, 0.3) is 0 Å². The summed E-state index contributed by atoms with van der Waals surface area (Å²) in [5.41, 5.74) is 6.38. The van der Waals surface area contributed by atoms with Crippen molar-refractivity contribution in [1.82, 2.24) is 4.90 Å². The summed E-state index contributed by atoms with van der Waals surface area (Å²) in [6.07, 6.45) is 2.15. The minimum atomic E-state index is -0.0201. The smallest absolute Gasteiger partial charge is 0.255 e. The van der Waals surface area contributed by atoms with Gasteiger partial charge in [0.1, 0.15) is 0 Å². The third-order valence-corrected chi connectivity index (χ3v) is 4.60. The van der Waals surface area contributed by atoms with Gasteiger partial charge >= 0.3 is 0 Å². The molecule has 2 unspecified atom stereocenters. The molecule has 6 heteroatoms. The minimum absolute atomic E-state index is 0. The number of hydrogen-bond donors (Lipinski definition) is 1. The highest BCUT2D eigenvalue weighted by Crippen LogP contribution is 2.28. The van der Waals surface area contributed by atoms with Crippen LogP contribution in [0.2, 0.25) is 5.02 Å². The summed E-state index contributed by atoms with van der Waals surface area (Å²) in [6.45, 7) is 3.41. The molecule has 0 saturated carbocycles. The molecule has 1 amide bonds. The number of nitrogens with two attached hydrogens (primary N) is 1. The Morgan fingerprint density at radius 2 is 2.25 bits per heavy atom. The molecule has 1 saturated heterocycles. The number of carbonyl (C=O) groups excluding carboxylic acids is 1. The van der Waals surface area contributed by atoms with E-state index in [-0.39, 0.29) is 24.4 Å². The molecule has 1 heterocycles. The average Bonchev–Trinajstić information content (AvgIpc) is 2.40. The van der Waals surface area contributed by atoms with E-state index < -0.39 is 0 Å². The third-order valence-electron chi connectivity index (χ3n) is 3.78. The van der Waals surface area contributed by atoms with Gasteiger partial charge in [-0.15, -0.1) is 12.4 Å². The van der Waals surface area contributed by atoms with Crippen LogP contribution in [0, 0.1) is 5.92 Å². The Kier molecular flexibility index (Phi) is 6.79. The number of likely N-dealkylation sites (tertiary alicyclic amines) is 1. The summed E-state index contributed by atoms with van der Waals surface area (Å²) in [4.78, 5) is 14.5. The summed E-state index contributed by atoms with van der Waals surface area (Å²) >= 11 is 9.52. The Labute approximate surface area is 139 Å². The lowest BCUT2D eigenvalue weighted by Crippen LogP contribution is -2.51. The number of piperidine rings is 1. The number of rotatable bonds is 2. The van der Waals surface area contributed by atoms with E-state index in [1.54, 1.807) is 12.1 Å². The lowest BCUT2D eigenvalue weighted by Gasteiger charge is -2.39. The van der Waals surface area contributed by atoms with Crippen molar-refractivity contribution in [3.05, 3.63) is 33.3 Å². The summed E-state index contributed by atoms with van der Waals surface area (Å²) in [5, 5.41) is 0.488. The third kappa shape index (κ3) is 3.67. The van der Waals surface area contributed by atoms with Gasteiger partial charge in [0, 0.05) is 23.6 Å². The largest absolute Gasteiger partial charge is 0.334 e. The van der Waals surface area contributed by atoms with Crippen molar-refractivity contribution in [2.45, 2.75) is 25.8 Å². The molecule has 20 heavy (non-hydrogen) atoms. The van der Waals surface area contributed by atoms with E-state index in [1.165, 1.54) is 0 Å². The fourth-order valence-corrected chi connectivity index (χ4v) is 3.24. The summed E-state index contributed by atoms with van der Waals surface area (Å²) in [7, 11) is 0. The van der Waals surface area contributed by atoms with Gasteiger partial charge in [-0.25, -0.2) is 0 Å². The first-order valence-corrected chi connectivity index (χ1v) is 7.67. The van der Waals surface area contributed by atoms with E-state index in [9.17, 15) is 4.79 Å². The average molecular weight is 382 g/mol. The molecule has 0 bridgehead atoms. The highest BCUT2D eigenvalue weighted by molar-refractivity contribution is 9.10. The normalized spacial score (nSPS) is 22.3. The van der Waals surface area contributed by atoms with Crippen LogP contribution in [0.15, 0.2) is 22.7 Å². The second kappa shape index (κ2) is 7.64. The van der Waals surface area contributed by atoms with Gasteiger partial charge in [-0.1, -0.05) is 34.5 Å². The van der Waals surface area contributed by atoms with E-state index in [0.717, 1.165) is 23.9 Å². The topological polar surface area (TPSA) is 46.3 Å². The van der Waals surface area contributed by atoms with E-state index in [4.69, 9.17) is 17.3 Å². The zero-order valence-corrected chi connectivity index (χ0v) is 14.5. The number of benzene rings is 1. The van der Waals surface area contributed by atoms with Crippen molar-refractivity contribution in [2.75, 3.05) is 13.1 Å². The molecule has 1 aliphatic rings. The fourth-order valence-electron chi connectivity index (χ4n) is 2.68. The molecule has 1 aromatic rings. The number of carbonyl (C=O) groups is 1. The Morgan fingerprint density at radius 3 is 2.90 bits per heavy atom. The predicted octanol–water partition coefficient (Wildman–Crippen LogP) is 3.72. The number of nitrogens with zero attached hydrogens (tertiary/aromatic N) is 1. The summed E-state index contributed by atoms with van der Waals surface area (Å²) < 4.78 is 0.856. The molecule has 0 aromatic heterocycles. The second-order valence-electron chi connectivity index (χ2n) is 5.05. The molecule has 1 fully saturated rings. The fraction of sp³-hybridized carbons (Fsp3) is 0.500. The van der Waals surface area contributed by atoms with Crippen LogP contribution in [0.5, 0.6) is 0 Å². The molecule has 112 valence electrons. The number of hydrogen-bond acceptors (Lipinski definition) is 2. The zero-order valence-electron chi connectivity index (χ0n) is 11.3. The quantitative estimate of drug-likeness (QED) is 0.848. The van der Waals surface area contributed by atoms with Gasteiger partial charge in [0.2, 0.25) is 0 Å². The van der Waals surface area contributed by atoms with Crippen molar-refractivity contribution in [2.24, 2.45) is 11.7 Å². The molecular formula is C14H19BrCl2N2O. The van der Waals surface area contributed by atoms with Gasteiger partial charge in [0.05, 0.1) is 10.6 Å². The summed E-state index contributed by atoms with van der Waals surface area (Å²) in [6, 6.07) is 5.45. The van der Waals surface area contributed by atoms with Crippen LogP contribution < -0.4 is 5.73 Å². The van der Waals surface area contributed by atoms with Crippen LogP contribution >= 0.6 is 39.9 Å². The standard InChI is InChI=1S/C14H18BrClN2O.ClH/c1-9-3-2-6-18(13(9)8-17)14(19)11-7-10(15)4-5-12(11)16;/h4-5,7,9,13H,2-3,6,8,17H2,1H3;1H. The van der Waals surface area contributed by atoms with Crippen molar-refractivity contribution in [3.8, 4) is 0 Å². The van der Waals surface area contributed by atoms with Crippen LogP contribution in [-0.4, -0.2) is 29.9 Å². The van der Waals surface area contributed by atoms with Crippen molar-refractivity contribution >= 4 is 45.8 Å². The first-order chi connectivity index (χ1) is 9.04. The highest BCUT2D eigenvalue weighted by atomic mass is 79.9. The second-order valence-corrected chi connectivity index (χ2v) is 6.37. The highest BCUT2D eigenvalue weighted by Gasteiger charge is 2.32. The SMILES string of the molecule is CC1CCCN(C(=O)c2cc(Br)ccc2Cl)C1CN.Cl. The lowest BCUT2D eigenvalue weighted by atomic mass is 9.90.